The van der Waals surface area contributed by atoms with Gasteiger partial charge >= 0.3 is 5.97 Å². The molecule has 3 heterocycles. The molecule has 3 aromatic carbocycles. The van der Waals surface area contributed by atoms with Crippen molar-refractivity contribution in [3.05, 3.63) is 120 Å². The molecule has 6 aromatic rings. The Morgan fingerprint density at radius 3 is 2.41 bits per heavy atom. The van der Waals surface area contributed by atoms with Gasteiger partial charge < -0.3 is 14.2 Å². The number of nitrogens with zero attached hydrogens (tertiary/aromatic N) is 4. The number of fused-ring (bicyclic) bond motifs is 2. The van der Waals surface area contributed by atoms with Gasteiger partial charge in [-0.2, -0.15) is 0 Å². The Labute approximate surface area is 222 Å². The average Bonchev–Trinajstić information content (AvgIpc) is 3.45. The number of halogens is 1. The molecule has 0 aliphatic carbocycles. The number of pyridine rings is 1. The summed E-state index contributed by atoms with van der Waals surface area (Å²) in [4.78, 5) is 33.9. The Hall–Kier alpha value is -5.11. The third kappa shape index (κ3) is 4.57. The van der Waals surface area contributed by atoms with E-state index in [2.05, 4.69) is 14.5 Å². The fourth-order valence-corrected chi connectivity index (χ4v) is 4.97. The number of hydrogen-bond donors (Lipinski definition) is 1. The van der Waals surface area contributed by atoms with Gasteiger partial charge in [-0.1, -0.05) is 48.5 Å². The minimum atomic E-state index is -1.01. The number of carbonyl (C=O) groups is 2. The summed E-state index contributed by atoms with van der Waals surface area (Å²) >= 11 is 0. The van der Waals surface area contributed by atoms with Gasteiger partial charge in [-0.3, -0.25) is 14.6 Å². The van der Waals surface area contributed by atoms with Crippen molar-refractivity contribution in [2.24, 2.45) is 0 Å². The van der Waals surface area contributed by atoms with Crippen molar-refractivity contribution in [2.75, 3.05) is 0 Å². The number of aliphatic carboxylic acids is 1. The Morgan fingerprint density at radius 2 is 1.67 bits per heavy atom. The van der Waals surface area contributed by atoms with Crippen LogP contribution in [0.3, 0.4) is 0 Å². The molecular formula is C31H23FN4O3. The lowest BCUT2D eigenvalue weighted by Gasteiger charge is -2.08. The smallest absolute Gasteiger partial charge is 0.323 e. The minimum Gasteiger partial charge on any atom is -0.480 e. The molecule has 6 rings (SSSR count). The molecule has 8 heteroatoms. The summed E-state index contributed by atoms with van der Waals surface area (Å²) in [6.07, 6.45) is 5.08. The van der Waals surface area contributed by atoms with Crippen molar-refractivity contribution >= 4 is 33.7 Å². The van der Waals surface area contributed by atoms with Crippen LogP contribution in [0.2, 0.25) is 0 Å². The first kappa shape index (κ1) is 24.2. The van der Waals surface area contributed by atoms with Crippen LogP contribution in [0, 0.1) is 12.7 Å². The van der Waals surface area contributed by atoms with Gasteiger partial charge in [0.25, 0.3) is 0 Å². The fraction of sp³-hybridized carbons (Fsp3) is 0.0968. The van der Waals surface area contributed by atoms with Crippen molar-refractivity contribution in [2.45, 2.75) is 20.0 Å². The van der Waals surface area contributed by atoms with E-state index in [9.17, 15) is 19.1 Å². The van der Waals surface area contributed by atoms with Gasteiger partial charge in [-0.15, -0.1) is 0 Å². The quantitative estimate of drug-likeness (QED) is 0.267. The lowest BCUT2D eigenvalue weighted by atomic mass is 9.99. The van der Waals surface area contributed by atoms with Crippen molar-refractivity contribution in [3.8, 4) is 11.1 Å². The number of aromatic nitrogens is 4. The molecule has 0 unspecified atom stereocenters. The van der Waals surface area contributed by atoms with Crippen LogP contribution in [0.5, 0.6) is 0 Å². The van der Waals surface area contributed by atoms with Crippen molar-refractivity contribution < 1.29 is 19.1 Å². The third-order valence-corrected chi connectivity index (χ3v) is 6.91. The highest BCUT2D eigenvalue weighted by molar-refractivity contribution is 6.16. The van der Waals surface area contributed by atoms with Gasteiger partial charge in [0.1, 0.15) is 23.7 Å². The molecule has 0 fully saturated rings. The predicted octanol–water partition coefficient (Wildman–Crippen LogP) is 5.86. The number of carboxylic acid groups (broad SMARTS) is 1. The number of carboxylic acids is 1. The van der Waals surface area contributed by atoms with E-state index in [1.165, 1.54) is 12.1 Å². The number of aryl methyl sites for hydroxylation is 1. The van der Waals surface area contributed by atoms with E-state index in [-0.39, 0.29) is 18.1 Å². The second-order valence-electron chi connectivity index (χ2n) is 9.44. The van der Waals surface area contributed by atoms with E-state index in [0.717, 1.165) is 33.5 Å². The van der Waals surface area contributed by atoms with Crippen LogP contribution >= 0.6 is 0 Å². The van der Waals surface area contributed by atoms with Gasteiger partial charge in [0.05, 0.1) is 11.7 Å². The molecule has 39 heavy (non-hydrogen) atoms. The first-order valence-electron chi connectivity index (χ1n) is 12.4. The molecule has 7 nitrogen and oxygen atoms in total. The summed E-state index contributed by atoms with van der Waals surface area (Å²) < 4.78 is 17.1. The zero-order chi connectivity index (χ0) is 27.1. The molecule has 0 radical (unpaired) electrons. The molecule has 0 aliphatic rings. The van der Waals surface area contributed by atoms with Gasteiger partial charge in [-0.05, 0) is 47.9 Å². The van der Waals surface area contributed by atoms with E-state index in [0.29, 0.717) is 28.6 Å². The summed E-state index contributed by atoms with van der Waals surface area (Å²) in [5, 5.41) is 10.1. The van der Waals surface area contributed by atoms with E-state index >= 15 is 0 Å². The second kappa shape index (κ2) is 9.64. The van der Waals surface area contributed by atoms with Crippen LogP contribution in [0.15, 0.2) is 91.4 Å². The van der Waals surface area contributed by atoms with Crippen LogP contribution in [0.25, 0.3) is 33.1 Å². The van der Waals surface area contributed by atoms with E-state index < -0.39 is 5.97 Å². The Bertz CT molecular complexity index is 1870. The van der Waals surface area contributed by atoms with Crippen LogP contribution in [-0.2, 0) is 17.9 Å². The minimum absolute atomic E-state index is 0.194. The van der Waals surface area contributed by atoms with E-state index in [1.807, 2.05) is 43.3 Å². The molecule has 3 aromatic heterocycles. The molecule has 1 N–H and O–H groups in total. The van der Waals surface area contributed by atoms with Crippen molar-refractivity contribution in [1.29, 1.82) is 0 Å². The molecule has 192 valence electrons. The lowest BCUT2D eigenvalue weighted by Crippen LogP contribution is -2.08. The number of hydrogen-bond acceptors (Lipinski definition) is 4. The molecule has 0 saturated heterocycles. The first-order valence-corrected chi connectivity index (χ1v) is 12.4. The number of carbonyl (C=O) groups excluding carboxylic acids is 1. The predicted molar refractivity (Wildman–Crippen MR) is 146 cm³/mol. The lowest BCUT2D eigenvalue weighted by molar-refractivity contribution is -0.137. The number of ketones is 1. The maximum Gasteiger partial charge on any atom is 0.323 e. The third-order valence-electron chi connectivity index (χ3n) is 6.91. The molecular weight excluding hydrogens is 495 g/mol. The summed E-state index contributed by atoms with van der Waals surface area (Å²) in [6.45, 7) is 2.26. The Morgan fingerprint density at radius 1 is 0.923 bits per heavy atom. The molecule has 0 aliphatic heterocycles. The summed E-state index contributed by atoms with van der Waals surface area (Å²) in [6, 6.07) is 20.9. The first-order chi connectivity index (χ1) is 18.9. The number of imidazole rings is 1. The maximum atomic E-state index is 13.6. The summed E-state index contributed by atoms with van der Waals surface area (Å²) in [5.41, 5.74) is 5.99. The van der Waals surface area contributed by atoms with Crippen LogP contribution < -0.4 is 0 Å². The Kier molecular flexibility index (Phi) is 5.99. The molecule has 0 atom stereocenters. The van der Waals surface area contributed by atoms with E-state index in [4.69, 9.17) is 0 Å². The fourth-order valence-electron chi connectivity index (χ4n) is 4.97. The second-order valence-corrected chi connectivity index (χ2v) is 9.44. The molecule has 0 spiro atoms. The SMILES string of the molecule is Cc1nc2cnccc2n1Cc1ccc(C(=O)c2cn(CC(=O)O)c3cc(-c4ccc(F)cc4)ccc23)cc1. The van der Waals surface area contributed by atoms with Crippen molar-refractivity contribution in [3.63, 3.8) is 0 Å². The standard InChI is InChI=1S/C31H23FN4O3/c1-19-34-27-15-33-13-12-28(27)36(19)16-20-2-4-22(5-3-20)31(39)26-17-35(18-30(37)38)29-14-23(8-11-25(26)29)21-6-9-24(32)10-7-21/h2-15,17H,16,18H2,1H3,(H,37,38). The molecule has 0 bridgehead atoms. The van der Waals surface area contributed by atoms with Crippen LogP contribution in [0.1, 0.15) is 27.3 Å². The highest BCUT2D eigenvalue weighted by Gasteiger charge is 2.19. The summed E-state index contributed by atoms with van der Waals surface area (Å²) in [5.74, 6) is -0.663. The van der Waals surface area contributed by atoms with Crippen LogP contribution in [0.4, 0.5) is 4.39 Å². The van der Waals surface area contributed by atoms with Gasteiger partial charge in [0, 0.05) is 41.0 Å². The zero-order valence-corrected chi connectivity index (χ0v) is 21.0. The summed E-state index contributed by atoms with van der Waals surface area (Å²) in [7, 11) is 0. The van der Waals surface area contributed by atoms with Crippen molar-refractivity contribution in [1.82, 2.24) is 19.1 Å². The van der Waals surface area contributed by atoms with E-state index in [1.54, 1.807) is 47.4 Å². The Balaban J connectivity index is 1.33. The maximum absolute atomic E-state index is 13.6. The molecule has 0 amide bonds. The van der Waals surface area contributed by atoms with Gasteiger partial charge in [0.15, 0.2) is 5.78 Å². The van der Waals surface area contributed by atoms with Crippen LogP contribution in [-0.4, -0.2) is 36.0 Å². The topological polar surface area (TPSA) is 90.0 Å². The largest absolute Gasteiger partial charge is 0.480 e. The van der Waals surface area contributed by atoms with Gasteiger partial charge in [0.2, 0.25) is 0 Å². The monoisotopic (exact) mass is 518 g/mol. The molecule has 0 saturated carbocycles. The average molecular weight is 519 g/mol. The number of benzene rings is 3. The van der Waals surface area contributed by atoms with Gasteiger partial charge in [-0.25, -0.2) is 9.37 Å². The highest BCUT2D eigenvalue weighted by atomic mass is 19.1. The highest BCUT2D eigenvalue weighted by Crippen LogP contribution is 2.30. The normalized spacial score (nSPS) is 11.3. The zero-order valence-electron chi connectivity index (χ0n) is 21.0. The number of rotatable bonds is 7.